The summed E-state index contributed by atoms with van der Waals surface area (Å²) in [5.41, 5.74) is 5.57. The number of nitro groups is 1. The first kappa shape index (κ1) is 12.4. The first-order valence-corrected chi connectivity index (χ1v) is 4.73. The zero-order valence-corrected chi connectivity index (χ0v) is 9.07. The number of benzene rings is 1. The van der Waals surface area contributed by atoms with E-state index in [4.69, 9.17) is 10.5 Å². The van der Waals surface area contributed by atoms with Crippen LogP contribution in [0.5, 0.6) is 5.75 Å². The van der Waals surface area contributed by atoms with Crippen LogP contribution in [-0.2, 0) is 0 Å². The van der Waals surface area contributed by atoms with E-state index in [-0.39, 0.29) is 23.9 Å². The molecular weight excluding hydrogens is 215 g/mol. The van der Waals surface area contributed by atoms with Crippen LogP contribution in [-0.4, -0.2) is 18.6 Å². The van der Waals surface area contributed by atoms with Crippen molar-refractivity contribution in [3.8, 4) is 5.75 Å². The number of methoxy groups -OCH3 is 1. The van der Waals surface area contributed by atoms with Gasteiger partial charge in [-0.1, -0.05) is 6.92 Å². The third-order valence-corrected chi connectivity index (χ3v) is 2.36. The van der Waals surface area contributed by atoms with E-state index in [9.17, 15) is 14.5 Å². The van der Waals surface area contributed by atoms with Gasteiger partial charge in [-0.15, -0.1) is 0 Å². The van der Waals surface area contributed by atoms with Crippen LogP contribution in [0.15, 0.2) is 12.1 Å². The highest BCUT2D eigenvalue weighted by Gasteiger charge is 2.20. The monoisotopic (exact) mass is 228 g/mol. The third-order valence-electron chi connectivity index (χ3n) is 2.36. The van der Waals surface area contributed by atoms with Crippen molar-refractivity contribution in [2.45, 2.75) is 12.8 Å². The summed E-state index contributed by atoms with van der Waals surface area (Å²) in [6.45, 7) is 2.01. The third kappa shape index (κ3) is 2.27. The second-order valence-corrected chi connectivity index (χ2v) is 3.44. The van der Waals surface area contributed by atoms with Crippen LogP contribution in [0, 0.1) is 15.9 Å². The molecular formula is C10H13FN2O3. The fraction of sp³-hybridized carbons (Fsp3) is 0.400. The van der Waals surface area contributed by atoms with E-state index < -0.39 is 10.7 Å². The Morgan fingerprint density at radius 1 is 1.62 bits per heavy atom. The number of non-ortho nitro benzene ring substituents is 1. The Bertz CT molecular complexity index is 409. The molecule has 16 heavy (non-hydrogen) atoms. The van der Waals surface area contributed by atoms with Crippen LogP contribution in [0.25, 0.3) is 0 Å². The summed E-state index contributed by atoms with van der Waals surface area (Å²) in [4.78, 5) is 9.94. The molecule has 1 rings (SSSR count). The van der Waals surface area contributed by atoms with Gasteiger partial charge in [-0.2, -0.15) is 0 Å². The quantitative estimate of drug-likeness (QED) is 0.629. The van der Waals surface area contributed by atoms with Crippen LogP contribution in [0.1, 0.15) is 18.4 Å². The zero-order valence-electron chi connectivity index (χ0n) is 9.07. The predicted molar refractivity (Wildman–Crippen MR) is 57.1 cm³/mol. The lowest BCUT2D eigenvalue weighted by molar-refractivity contribution is -0.385. The summed E-state index contributed by atoms with van der Waals surface area (Å²) >= 11 is 0. The van der Waals surface area contributed by atoms with Crippen molar-refractivity contribution >= 4 is 5.69 Å². The molecule has 0 aromatic heterocycles. The van der Waals surface area contributed by atoms with Crippen LogP contribution in [0.4, 0.5) is 10.1 Å². The molecule has 0 saturated heterocycles. The van der Waals surface area contributed by atoms with Crippen molar-refractivity contribution in [2.75, 3.05) is 13.7 Å². The lowest BCUT2D eigenvalue weighted by atomic mass is 9.99. The molecule has 0 fully saturated rings. The summed E-state index contributed by atoms with van der Waals surface area (Å²) < 4.78 is 18.4. The van der Waals surface area contributed by atoms with Gasteiger partial charge < -0.3 is 10.5 Å². The number of nitrogens with two attached hydrogens (primary N) is 1. The normalized spacial score (nSPS) is 12.2. The van der Waals surface area contributed by atoms with Crippen LogP contribution in [0.3, 0.4) is 0 Å². The fourth-order valence-corrected chi connectivity index (χ4v) is 1.41. The summed E-state index contributed by atoms with van der Waals surface area (Å²) in [6, 6.07) is 2.13. The largest absolute Gasteiger partial charge is 0.493 e. The highest BCUT2D eigenvalue weighted by molar-refractivity contribution is 5.46. The maximum Gasteiger partial charge on any atom is 0.272 e. The maximum absolute atomic E-state index is 13.5. The molecule has 0 aliphatic heterocycles. The van der Waals surface area contributed by atoms with Crippen molar-refractivity contribution in [3.05, 3.63) is 33.6 Å². The van der Waals surface area contributed by atoms with Crippen molar-refractivity contribution in [1.29, 1.82) is 0 Å². The van der Waals surface area contributed by atoms with E-state index in [2.05, 4.69) is 0 Å². The van der Waals surface area contributed by atoms with Crippen molar-refractivity contribution in [2.24, 2.45) is 5.73 Å². The zero-order chi connectivity index (χ0) is 12.3. The number of rotatable bonds is 4. The molecule has 0 radical (unpaired) electrons. The summed E-state index contributed by atoms with van der Waals surface area (Å²) in [5.74, 6) is -0.931. The van der Waals surface area contributed by atoms with E-state index in [1.54, 1.807) is 6.92 Å². The second-order valence-electron chi connectivity index (χ2n) is 3.44. The molecule has 0 bridgehead atoms. The molecule has 0 heterocycles. The van der Waals surface area contributed by atoms with E-state index in [1.165, 1.54) is 13.2 Å². The molecule has 1 aromatic rings. The Morgan fingerprint density at radius 2 is 2.25 bits per heavy atom. The Balaban J connectivity index is 3.36. The van der Waals surface area contributed by atoms with Crippen LogP contribution >= 0.6 is 0 Å². The minimum absolute atomic E-state index is 0.0172. The molecule has 0 aliphatic carbocycles. The van der Waals surface area contributed by atoms with Crippen LogP contribution in [0.2, 0.25) is 0 Å². The Morgan fingerprint density at radius 3 is 2.69 bits per heavy atom. The molecule has 6 heteroatoms. The van der Waals surface area contributed by atoms with Crippen LogP contribution < -0.4 is 10.5 Å². The highest BCUT2D eigenvalue weighted by Crippen LogP contribution is 2.32. The molecule has 5 nitrogen and oxygen atoms in total. The smallest absolute Gasteiger partial charge is 0.272 e. The molecule has 1 unspecified atom stereocenters. The summed E-state index contributed by atoms with van der Waals surface area (Å²) in [7, 11) is 1.32. The summed E-state index contributed by atoms with van der Waals surface area (Å²) in [5, 5.41) is 10.6. The number of hydrogen-bond acceptors (Lipinski definition) is 4. The molecule has 0 aliphatic rings. The predicted octanol–water partition coefficient (Wildman–Crippen LogP) is 1.80. The van der Waals surface area contributed by atoms with E-state index in [0.717, 1.165) is 6.07 Å². The number of ether oxygens (including phenoxy) is 1. The summed E-state index contributed by atoms with van der Waals surface area (Å²) in [6.07, 6.45) is 0. The molecule has 1 atom stereocenters. The molecule has 0 spiro atoms. The average Bonchev–Trinajstić information content (AvgIpc) is 2.26. The molecule has 1 aromatic carbocycles. The van der Waals surface area contributed by atoms with Gasteiger partial charge in [0.25, 0.3) is 5.69 Å². The molecule has 0 amide bonds. The van der Waals surface area contributed by atoms with E-state index in [0.29, 0.717) is 5.56 Å². The topological polar surface area (TPSA) is 78.4 Å². The maximum atomic E-state index is 13.5. The van der Waals surface area contributed by atoms with Gasteiger partial charge in [0.1, 0.15) is 0 Å². The minimum atomic E-state index is -0.744. The molecule has 0 saturated carbocycles. The number of nitro benzene ring substituents is 1. The first-order chi connectivity index (χ1) is 7.51. The minimum Gasteiger partial charge on any atom is -0.493 e. The molecule has 2 N–H and O–H groups in total. The van der Waals surface area contributed by atoms with Crippen molar-refractivity contribution in [3.63, 3.8) is 0 Å². The highest BCUT2D eigenvalue weighted by atomic mass is 19.1. The standard InChI is InChI=1S/C10H13FN2O3/c1-6(5-12)8-3-7(13(14)15)4-9(11)10(8)16-2/h3-4,6H,5,12H2,1-2H3. The number of nitrogens with zero attached hydrogens (tertiary/aromatic N) is 1. The van der Waals surface area contributed by atoms with Gasteiger partial charge in [0.05, 0.1) is 18.1 Å². The van der Waals surface area contributed by atoms with Crippen molar-refractivity contribution < 1.29 is 14.1 Å². The van der Waals surface area contributed by atoms with E-state index in [1.807, 2.05) is 0 Å². The fourth-order valence-electron chi connectivity index (χ4n) is 1.41. The Kier molecular flexibility index (Phi) is 3.78. The van der Waals surface area contributed by atoms with Gasteiger partial charge in [-0.05, 0) is 12.5 Å². The number of halogens is 1. The van der Waals surface area contributed by atoms with Gasteiger partial charge in [0.15, 0.2) is 11.6 Å². The second kappa shape index (κ2) is 4.89. The number of hydrogen-bond donors (Lipinski definition) is 1. The lowest BCUT2D eigenvalue weighted by Crippen LogP contribution is -2.11. The Labute approximate surface area is 92.2 Å². The SMILES string of the molecule is COc1c(F)cc([N+](=O)[O-])cc1C(C)CN. The van der Waals surface area contributed by atoms with Gasteiger partial charge in [0, 0.05) is 11.6 Å². The van der Waals surface area contributed by atoms with E-state index >= 15 is 0 Å². The van der Waals surface area contributed by atoms with Gasteiger partial charge >= 0.3 is 0 Å². The molecule has 88 valence electrons. The average molecular weight is 228 g/mol. The van der Waals surface area contributed by atoms with Gasteiger partial charge in [-0.3, -0.25) is 10.1 Å². The van der Waals surface area contributed by atoms with Gasteiger partial charge in [0.2, 0.25) is 0 Å². The Hall–Kier alpha value is -1.69. The van der Waals surface area contributed by atoms with Gasteiger partial charge in [-0.25, -0.2) is 4.39 Å². The first-order valence-electron chi connectivity index (χ1n) is 4.73. The van der Waals surface area contributed by atoms with Crippen molar-refractivity contribution in [1.82, 2.24) is 0 Å². The lowest BCUT2D eigenvalue weighted by Gasteiger charge is -2.14.